The van der Waals surface area contributed by atoms with Gasteiger partial charge in [-0.05, 0) is 19.8 Å². The standard InChI is InChI=1S/C13H24N2O/c1-11(2)12(14)13(5-3-4-6-13)15-7-9-16-10-8-15/h12H,1,3-10,14H2,2H3. The Labute approximate surface area is 98.6 Å². The number of nitrogens with zero attached hydrogens (tertiary/aromatic N) is 1. The molecule has 2 aliphatic rings. The smallest absolute Gasteiger partial charge is 0.0594 e. The molecule has 1 aliphatic carbocycles. The molecule has 0 radical (unpaired) electrons. The van der Waals surface area contributed by atoms with Crippen molar-refractivity contribution in [1.82, 2.24) is 4.90 Å². The van der Waals surface area contributed by atoms with Crippen molar-refractivity contribution in [3.05, 3.63) is 12.2 Å². The van der Waals surface area contributed by atoms with Crippen molar-refractivity contribution in [2.45, 2.75) is 44.2 Å². The van der Waals surface area contributed by atoms with Crippen molar-refractivity contribution in [3.63, 3.8) is 0 Å². The van der Waals surface area contributed by atoms with Crippen LogP contribution in [0.4, 0.5) is 0 Å². The van der Waals surface area contributed by atoms with Crippen LogP contribution in [0, 0.1) is 0 Å². The second-order valence-electron chi connectivity index (χ2n) is 5.23. The molecule has 3 nitrogen and oxygen atoms in total. The van der Waals surface area contributed by atoms with E-state index in [1.807, 2.05) is 0 Å². The van der Waals surface area contributed by atoms with Gasteiger partial charge in [-0.25, -0.2) is 0 Å². The van der Waals surface area contributed by atoms with Crippen LogP contribution in [-0.4, -0.2) is 42.8 Å². The summed E-state index contributed by atoms with van der Waals surface area (Å²) in [5.41, 5.74) is 7.70. The third-order valence-corrected chi connectivity index (χ3v) is 4.22. The molecule has 92 valence electrons. The van der Waals surface area contributed by atoms with Gasteiger partial charge in [-0.1, -0.05) is 25.0 Å². The van der Waals surface area contributed by atoms with E-state index in [4.69, 9.17) is 10.5 Å². The summed E-state index contributed by atoms with van der Waals surface area (Å²) in [6, 6.07) is 0.119. The predicted molar refractivity (Wildman–Crippen MR) is 66.4 cm³/mol. The molecule has 2 rings (SSSR count). The Hall–Kier alpha value is -0.380. The van der Waals surface area contributed by atoms with E-state index in [1.165, 1.54) is 25.7 Å². The molecule has 0 aromatic rings. The lowest BCUT2D eigenvalue weighted by Crippen LogP contribution is -2.61. The highest BCUT2D eigenvalue weighted by Crippen LogP contribution is 2.39. The summed E-state index contributed by atoms with van der Waals surface area (Å²) in [7, 11) is 0. The van der Waals surface area contributed by atoms with E-state index in [-0.39, 0.29) is 11.6 Å². The first-order valence-electron chi connectivity index (χ1n) is 6.40. The Balaban J connectivity index is 2.16. The minimum atomic E-state index is 0.119. The fourth-order valence-corrected chi connectivity index (χ4v) is 3.28. The summed E-state index contributed by atoms with van der Waals surface area (Å²) in [6.45, 7) is 9.88. The predicted octanol–water partition coefficient (Wildman–Crippen LogP) is 1.53. The van der Waals surface area contributed by atoms with Gasteiger partial charge in [0.1, 0.15) is 0 Å². The Morgan fingerprint density at radius 2 is 1.88 bits per heavy atom. The van der Waals surface area contributed by atoms with Gasteiger partial charge in [0.25, 0.3) is 0 Å². The lowest BCUT2D eigenvalue weighted by Gasteiger charge is -2.47. The second-order valence-corrected chi connectivity index (χ2v) is 5.23. The molecule has 2 fully saturated rings. The first kappa shape index (κ1) is 12.1. The Bertz CT molecular complexity index is 253. The van der Waals surface area contributed by atoms with Crippen LogP contribution in [0.3, 0.4) is 0 Å². The number of nitrogens with two attached hydrogens (primary N) is 1. The fourth-order valence-electron chi connectivity index (χ4n) is 3.28. The number of hydrogen-bond acceptors (Lipinski definition) is 3. The first-order valence-corrected chi connectivity index (χ1v) is 6.40. The topological polar surface area (TPSA) is 38.5 Å². The van der Waals surface area contributed by atoms with Crippen molar-refractivity contribution in [2.24, 2.45) is 5.73 Å². The first-order chi connectivity index (χ1) is 7.67. The molecule has 1 aliphatic heterocycles. The van der Waals surface area contributed by atoms with E-state index in [2.05, 4.69) is 18.4 Å². The lowest BCUT2D eigenvalue weighted by molar-refractivity contribution is -0.0264. The summed E-state index contributed by atoms with van der Waals surface area (Å²) >= 11 is 0. The highest BCUT2D eigenvalue weighted by Gasteiger charge is 2.44. The number of hydrogen-bond donors (Lipinski definition) is 1. The van der Waals surface area contributed by atoms with E-state index in [0.29, 0.717) is 0 Å². The normalized spacial score (nSPS) is 27.9. The largest absolute Gasteiger partial charge is 0.379 e. The number of morpholine rings is 1. The molecule has 0 bridgehead atoms. The maximum atomic E-state index is 6.41. The van der Waals surface area contributed by atoms with Gasteiger partial charge < -0.3 is 10.5 Å². The molecule has 3 heteroatoms. The summed E-state index contributed by atoms with van der Waals surface area (Å²) in [6.07, 6.45) is 5.05. The average molecular weight is 224 g/mol. The van der Waals surface area contributed by atoms with Crippen LogP contribution in [0.2, 0.25) is 0 Å². The Morgan fingerprint density at radius 1 is 1.31 bits per heavy atom. The van der Waals surface area contributed by atoms with Gasteiger partial charge in [0.2, 0.25) is 0 Å². The van der Waals surface area contributed by atoms with Crippen LogP contribution in [0.5, 0.6) is 0 Å². The fraction of sp³-hybridized carbons (Fsp3) is 0.846. The third-order valence-electron chi connectivity index (χ3n) is 4.22. The van der Waals surface area contributed by atoms with Crippen LogP contribution in [0.15, 0.2) is 12.2 Å². The van der Waals surface area contributed by atoms with Gasteiger partial charge in [-0.3, -0.25) is 4.90 Å². The summed E-state index contributed by atoms with van der Waals surface area (Å²) in [5, 5.41) is 0. The second kappa shape index (κ2) is 4.86. The van der Waals surface area contributed by atoms with Gasteiger partial charge in [-0.15, -0.1) is 0 Å². The van der Waals surface area contributed by atoms with Crippen molar-refractivity contribution >= 4 is 0 Å². The quantitative estimate of drug-likeness (QED) is 0.739. The molecule has 1 saturated carbocycles. The van der Waals surface area contributed by atoms with Gasteiger partial charge in [0.15, 0.2) is 0 Å². The molecular formula is C13H24N2O. The zero-order valence-corrected chi connectivity index (χ0v) is 10.4. The van der Waals surface area contributed by atoms with E-state index < -0.39 is 0 Å². The van der Waals surface area contributed by atoms with Gasteiger partial charge in [0.05, 0.1) is 13.2 Å². The van der Waals surface area contributed by atoms with Crippen LogP contribution >= 0.6 is 0 Å². The molecule has 2 N–H and O–H groups in total. The van der Waals surface area contributed by atoms with Crippen molar-refractivity contribution in [1.29, 1.82) is 0 Å². The van der Waals surface area contributed by atoms with Crippen LogP contribution in [0.25, 0.3) is 0 Å². The molecule has 1 saturated heterocycles. The van der Waals surface area contributed by atoms with Crippen molar-refractivity contribution in [2.75, 3.05) is 26.3 Å². The Morgan fingerprint density at radius 3 is 2.38 bits per heavy atom. The molecule has 1 heterocycles. The average Bonchev–Trinajstić information content (AvgIpc) is 2.79. The molecule has 0 aromatic carbocycles. The van der Waals surface area contributed by atoms with Crippen LogP contribution in [-0.2, 0) is 4.74 Å². The molecule has 0 aromatic heterocycles. The van der Waals surface area contributed by atoms with E-state index in [1.54, 1.807) is 0 Å². The van der Waals surface area contributed by atoms with E-state index >= 15 is 0 Å². The zero-order chi connectivity index (χ0) is 11.6. The number of rotatable bonds is 3. The van der Waals surface area contributed by atoms with E-state index in [0.717, 1.165) is 31.9 Å². The zero-order valence-electron chi connectivity index (χ0n) is 10.4. The molecule has 0 spiro atoms. The SMILES string of the molecule is C=C(C)C(N)C1(N2CCOCC2)CCCC1. The molecule has 1 unspecified atom stereocenters. The minimum Gasteiger partial charge on any atom is -0.379 e. The van der Waals surface area contributed by atoms with Crippen molar-refractivity contribution < 1.29 is 4.74 Å². The highest BCUT2D eigenvalue weighted by atomic mass is 16.5. The maximum Gasteiger partial charge on any atom is 0.0594 e. The van der Waals surface area contributed by atoms with Crippen molar-refractivity contribution in [3.8, 4) is 0 Å². The van der Waals surface area contributed by atoms with Gasteiger partial charge in [-0.2, -0.15) is 0 Å². The molecule has 1 atom stereocenters. The monoisotopic (exact) mass is 224 g/mol. The summed E-state index contributed by atoms with van der Waals surface area (Å²) in [5.74, 6) is 0. The molecule has 0 amide bonds. The Kier molecular flexibility index (Phi) is 3.67. The lowest BCUT2D eigenvalue weighted by atomic mass is 9.83. The molecular weight excluding hydrogens is 200 g/mol. The summed E-state index contributed by atoms with van der Waals surface area (Å²) < 4.78 is 5.44. The molecule has 16 heavy (non-hydrogen) atoms. The van der Waals surface area contributed by atoms with Gasteiger partial charge in [0, 0.05) is 24.7 Å². The maximum absolute atomic E-state index is 6.41. The van der Waals surface area contributed by atoms with E-state index in [9.17, 15) is 0 Å². The minimum absolute atomic E-state index is 0.119. The highest BCUT2D eigenvalue weighted by molar-refractivity contribution is 5.15. The third kappa shape index (κ3) is 2.04. The summed E-state index contributed by atoms with van der Waals surface area (Å²) in [4.78, 5) is 2.56. The number of ether oxygens (including phenoxy) is 1. The van der Waals surface area contributed by atoms with Gasteiger partial charge >= 0.3 is 0 Å². The van der Waals surface area contributed by atoms with Crippen LogP contribution in [0.1, 0.15) is 32.6 Å². The van der Waals surface area contributed by atoms with Crippen LogP contribution < -0.4 is 5.73 Å².